The van der Waals surface area contributed by atoms with Crippen molar-refractivity contribution in [2.75, 3.05) is 13.1 Å². The average molecular weight is 354 g/mol. The van der Waals surface area contributed by atoms with Crippen molar-refractivity contribution in [1.29, 1.82) is 0 Å². The molecule has 0 saturated carbocycles. The standard InChI is InChI=1S/C20H19FN2O3/c1-12-4-2-6-15-18(12)26-19(22-15)13-8-10-23(11-9-13)20(25)17-14(21)5-3-7-16(17)24/h2-7,13,24H,8-11H2,1H3. The van der Waals surface area contributed by atoms with Gasteiger partial charge in [-0.1, -0.05) is 18.2 Å². The zero-order chi connectivity index (χ0) is 18.3. The number of piperidine rings is 1. The maximum absolute atomic E-state index is 13.9. The van der Waals surface area contributed by atoms with Crippen molar-refractivity contribution in [2.24, 2.45) is 0 Å². The molecule has 1 saturated heterocycles. The van der Waals surface area contributed by atoms with Gasteiger partial charge in [0.1, 0.15) is 22.6 Å². The summed E-state index contributed by atoms with van der Waals surface area (Å²) < 4.78 is 19.9. The van der Waals surface area contributed by atoms with Crippen LogP contribution in [0.5, 0.6) is 5.75 Å². The quantitative estimate of drug-likeness (QED) is 0.755. The molecule has 6 heteroatoms. The molecule has 0 bridgehead atoms. The van der Waals surface area contributed by atoms with Gasteiger partial charge in [0.25, 0.3) is 5.91 Å². The van der Waals surface area contributed by atoms with Crippen LogP contribution in [0.3, 0.4) is 0 Å². The van der Waals surface area contributed by atoms with Crippen molar-refractivity contribution < 1.29 is 18.7 Å². The number of carbonyl (C=O) groups is 1. The number of halogens is 1. The predicted octanol–water partition coefficient (Wildman–Crippen LogP) is 4.00. The van der Waals surface area contributed by atoms with Gasteiger partial charge in [-0.15, -0.1) is 0 Å². The molecule has 1 aromatic heterocycles. The van der Waals surface area contributed by atoms with Crippen molar-refractivity contribution in [3.8, 4) is 5.75 Å². The summed E-state index contributed by atoms with van der Waals surface area (Å²) in [6, 6.07) is 9.74. The van der Waals surface area contributed by atoms with E-state index in [2.05, 4.69) is 4.98 Å². The number of benzene rings is 2. The summed E-state index contributed by atoms with van der Waals surface area (Å²) in [7, 11) is 0. The number of oxazole rings is 1. The van der Waals surface area contributed by atoms with Crippen LogP contribution >= 0.6 is 0 Å². The smallest absolute Gasteiger partial charge is 0.260 e. The van der Waals surface area contributed by atoms with E-state index < -0.39 is 11.7 Å². The van der Waals surface area contributed by atoms with E-state index in [0.717, 1.165) is 16.7 Å². The molecule has 1 aliphatic rings. The van der Waals surface area contributed by atoms with E-state index >= 15 is 0 Å². The Morgan fingerprint density at radius 3 is 2.65 bits per heavy atom. The van der Waals surface area contributed by atoms with Crippen molar-refractivity contribution in [2.45, 2.75) is 25.7 Å². The summed E-state index contributed by atoms with van der Waals surface area (Å²) in [5.41, 5.74) is 2.43. The third-order valence-corrected chi connectivity index (χ3v) is 4.97. The van der Waals surface area contributed by atoms with E-state index in [9.17, 15) is 14.3 Å². The first kappa shape index (κ1) is 16.6. The minimum absolute atomic E-state index is 0.125. The third kappa shape index (κ3) is 2.81. The number of likely N-dealkylation sites (tertiary alicyclic amines) is 1. The highest BCUT2D eigenvalue weighted by Gasteiger charge is 2.30. The predicted molar refractivity (Wildman–Crippen MR) is 94.7 cm³/mol. The van der Waals surface area contributed by atoms with Crippen LogP contribution in [0.1, 0.15) is 40.6 Å². The van der Waals surface area contributed by atoms with Crippen LogP contribution in [0.4, 0.5) is 4.39 Å². The van der Waals surface area contributed by atoms with Crippen molar-refractivity contribution in [3.05, 3.63) is 59.2 Å². The van der Waals surface area contributed by atoms with Crippen LogP contribution in [0.15, 0.2) is 40.8 Å². The summed E-state index contributed by atoms with van der Waals surface area (Å²) in [6.07, 6.45) is 1.37. The summed E-state index contributed by atoms with van der Waals surface area (Å²) >= 11 is 0. The number of aromatic hydroxyl groups is 1. The number of nitrogens with zero attached hydrogens (tertiary/aromatic N) is 2. The van der Waals surface area contributed by atoms with Gasteiger partial charge in [0, 0.05) is 19.0 Å². The van der Waals surface area contributed by atoms with Crippen LogP contribution in [0.2, 0.25) is 0 Å². The molecule has 2 heterocycles. The van der Waals surface area contributed by atoms with Crippen LogP contribution in [0.25, 0.3) is 11.1 Å². The molecule has 5 nitrogen and oxygen atoms in total. The first-order chi connectivity index (χ1) is 12.5. The van der Waals surface area contributed by atoms with Crippen molar-refractivity contribution in [1.82, 2.24) is 9.88 Å². The van der Waals surface area contributed by atoms with Crippen molar-refractivity contribution >= 4 is 17.0 Å². The number of aromatic nitrogens is 1. The van der Waals surface area contributed by atoms with E-state index in [4.69, 9.17) is 4.42 Å². The molecule has 3 aromatic rings. The van der Waals surface area contributed by atoms with Gasteiger partial charge in [-0.2, -0.15) is 0 Å². The Morgan fingerprint density at radius 2 is 1.96 bits per heavy atom. The second kappa shape index (κ2) is 6.44. The number of para-hydroxylation sites is 1. The lowest BCUT2D eigenvalue weighted by atomic mass is 9.96. The highest BCUT2D eigenvalue weighted by molar-refractivity contribution is 5.97. The number of amides is 1. The Morgan fingerprint density at radius 1 is 1.23 bits per heavy atom. The molecule has 4 rings (SSSR count). The largest absolute Gasteiger partial charge is 0.507 e. The van der Waals surface area contributed by atoms with Gasteiger partial charge in [-0.05, 0) is 43.5 Å². The second-order valence-corrected chi connectivity index (χ2v) is 6.68. The number of carbonyl (C=O) groups excluding carboxylic acids is 1. The lowest BCUT2D eigenvalue weighted by molar-refractivity contribution is 0.0698. The topological polar surface area (TPSA) is 66.6 Å². The van der Waals surface area contributed by atoms with Crippen LogP contribution in [0, 0.1) is 12.7 Å². The molecule has 0 unspecified atom stereocenters. The van der Waals surface area contributed by atoms with Crippen LogP contribution in [-0.2, 0) is 0 Å². The number of phenols is 1. The SMILES string of the molecule is Cc1cccc2nc(C3CCN(C(=O)c4c(O)cccc4F)CC3)oc12. The van der Waals surface area contributed by atoms with Gasteiger partial charge in [0.05, 0.1) is 0 Å². The normalized spacial score (nSPS) is 15.5. The van der Waals surface area contributed by atoms with Gasteiger partial charge in [0.2, 0.25) is 0 Å². The molecule has 0 aliphatic carbocycles. The molecular formula is C20H19FN2O3. The van der Waals surface area contributed by atoms with Gasteiger partial charge < -0.3 is 14.4 Å². The fraction of sp³-hybridized carbons (Fsp3) is 0.300. The zero-order valence-electron chi connectivity index (χ0n) is 14.4. The van der Waals surface area contributed by atoms with Gasteiger partial charge in [-0.3, -0.25) is 4.79 Å². The van der Waals surface area contributed by atoms with Crippen molar-refractivity contribution in [3.63, 3.8) is 0 Å². The molecule has 1 aliphatic heterocycles. The Bertz CT molecular complexity index is 954. The Labute approximate surface area is 150 Å². The summed E-state index contributed by atoms with van der Waals surface area (Å²) in [5, 5.41) is 9.82. The zero-order valence-corrected chi connectivity index (χ0v) is 14.4. The first-order valence-corrected chi connectivity index (χ1v) is 8.67. The fourth-order valence-corrected chi connectivity index (χ4v) is 3.49. The highest BCUT2D eigenvalue weighted by Crippen LogP contribution is 2.32. The molecule has 1 N–H and O–H groups in total. The van der Waals surface area contributed by atoms with E-state index in [-0.39, 0.29) is 17.2 Å². The number of phenolic OH excluding ortho intramolecular Hbond substituents is 1. The maximum atomic E-state index is 13.9. The number of hydrogen-bond acceptors (Lipinski definition) is 4. The Hall–Kier alpha value is -2.89. The molecule has 26 heavy (non-hydrogen) atoms. The summed E-state index contributed by atoms with van der Waals surface area (Å²) in [5.74, 6) is -0.694. The molecule has 134 valence electrons. The molecule has 0 radical (unpaired) electrons. The number of rotatable bonds is 2. The average Bonchev–Trinajstić information content (AvgIpc) is 3.07. The number of aryl methyl sites for hydroxylation is 1. The van der Waals surface area contributed by atoms with Crippen LogP contribution in [-0.4, -0.2) is 34.0 Å². The molecular weight excluding hydrogens is 335 g/mol. The van der Waals surface area contributed by atoms with E-state index in [1.165, 1.54) is 18.2 Å². The van der Waals surface area contributed by atoms with E-state index in [1.807, 2.05) is 25.1 Å². The number of fused-ring (bicyclic) bond motifs is 1. The lowest BCUT2D eigenvalue weighted by Gasteiger charge is -2.30. The second-order valence-electron chi connectivity index (χ2n) is 6.68. The molecule has 0 atom stereocenters. The van der Waals surface area contributed by atoms with E-state index in [0.29, 0.717) is 31.8 Å². The summed E-state index contributed by atoms with van der Waals surface area (Å²) in [4.78, 5) is 18.7. The van der Waals surface area contributed by atoms with E-state index in [1.54, 1.807) is 4.90 Å². The van der Waals surface area contributed by atoms with Gasteiger partial charge in [-0.25, -0.2) is 9.37 Å². The minimum atomic E-state index is -0.702. The highest BCUT2D eigenvalue weighted by atomic mass is 19.1. The fourth-order valence-electron chi connectivity index (χ4n) is 3.49. The minimum Gasteiger partial charge on any atom is -0.507 e. The number of hydrogen-bond donors (Lipinski definition) is 1. The van der Waals surface area contributed by atoms with Crippen LogP contribution < -0.4 is 0 Å². The first-order valence-electron chi connectivity index (χ1n) is 8.67. The maximum Gasteiger partial charge on any atom is 0.260 e. The molecule has 2 aromatic carbocycles. The Balaban J connectivity index is 1.50. The molecule has 1 amide bonds. The third-order valence-electron chi connectivity index (χ3n) is 4.97. The molecule has 0 spiro atoms. The van der Waals surface area contributed by atoms with Gasteiger partial charge in [0.15, 0.2) is 11.5 Å². The molecule has 1 fully saturated rings. The van der Waals surface area contributed by atoms with Gasteiger partial charge >= 0.3 is 0 Å². The summed E-state index contributed by atoms with van der Waals surface area (Å²) in [6.45, 7) is 2.92. The Kier molecular flexibility index (Phi) is 4.11. The lowest BCUT2D eigenvalue weighted by Crippen LogP contribution is -2.38. The monoisotopic (exact) mass is 354 g/mol.